The van der Waals surface area contributed by atoms with Crippen molar-refractivity contribution in [1.82, 2.24) is 0 Å². The lowest BCUT2D eigenvalue weighted by Gasteiger charge is -1.79. The lowest BCUT2D eigenvalue weighted by Crippen LogP contribution is -1.68. The zero-order valence-corrected chi connectivity index (χ0v) is 4.57. The van der Waals surface area contributed by atoms with Crippen LogP contribution in [-0.4, -0.2) is 0 Å². The van der Waals surface area contributed by atoms with Gasteiger partial charge in [0.15, 0.2) is 0 Å². The van der Waals surface area contributed by atoms with Crippen molar-refractivity contribution in [3.63, 3.8) is 0 Å². The molecular weight excluding hydrogens is 72.1 g/mol. The number of hydrogen-bond acceptors (Lipinski definition) is 0. The zero-order chi connectivity index (χ0) is 4.57. The summed E-state index contributed by atoms with van der Waals surface area (Å²) in [6, 6.07) is 0. The molecule has 1 aliphatic rings. The Morgan fingerprint density at radius 3 is 2.17 bits per heavy atom. The monoisotopic (exact) mass is 84.1 g/mol. The van der Waals surface area contributed by atoms with Crippen LogP contribution in [0.1, 0.15) is 26.7 Å². The molecule has 36 valence electrons. The van der Waals surface area contributed by atoms with E-state index in [-0.39, 0.29) is 0 Å². The first-order valence-corrected chi connectivity index (χ1v) is 2.84. The molecule has 0 saturated heterocycles. The molecule has 0 aromatic heterocycles. The molecular formula is C6H12. The first-order chi connectivity index (χ1) is 2.84. The average molecular weight is 84.2 g/mol. The van der Waals surface area contributed by atoms with E-state index in [1.807, 2.05) is 0 Å². The van der Waals surface area contributed by atoms with Crippen LogP contribution in [0.25, 0.3) is 0 Å². The van der Waals surface area contributed by atoms with Gasteiger partial charge in [-0.25, -0.2) is 0 Å². The molecule has 0 heteroatoms. The Kier molecular flexibility index (Phi) is 0.868. The molecule has 1 fully saturated rings. The molecule has 1 unspecified atom stereocenters. The van der Waals surface area contributed by atoms with Gasteiger partial charge in [-0.15, -0.1) is 0 Å². The molecule has 0 bridgehead atoms. The van der Waals surface area contributed by atoms with E-state index in [2.05, 4.69) is 13.8 Å². The third kappa shape index (κ3) is 0.562. The fraction of sp³-hybridized carbons (Fsp3) is 1.00. The molecule has 6 heavy (non-hydrogen) atoms. The van der Waals surface area contributed by atoms with Gasteiger partial charge in [0.1, 0.15) is 0 Å². The molecule has 0 aromatic carbocycles. The van der Waals surface area contributed by atoms with Crippen molar-refractivity contribution >= 4 is 0 Å². The predicted molar refractivity (Wildman–Crippen MR) is 27.6 cm³/mol. The Morgan fingerprint density at radius 1 is 1.67 bits per heavy atom. The third-order valence-corrected chi connectivity index (χ3v) is 1.80. The van der Waals surface area contributed by atoms with Crippen molar-refractivity contribution in [3.8, 4) is 0 Å². The van der Waals surface area contributed by atoms with E-state index in [9.17, 15) is 0 Å². The van der Waals surface area contributed by atoms with E-state index >= 15 is 0 Å². The lowest BCUT2D eigenvalue weighted by atomic mass is 10.3. The van der Waals surface area contributed by atoms with Crippen molar-refractivity contribution in [2.45, 2.75) is 26.7 Å². The van der Waals surface area contributed by atoms with Gasteiger partial charge in [-0.1, -0.05) is 20.3 Å². The standard InChI is InChI=1S/C6H12/c1-3-6-4-5(6)2/h5-6H,3-4H2,1-2H3/t5-,6?/m1/s1. The Hall–Kier alpha value is 0. The van der Waals surface area contributed by atoms with Gasteiger partial charge in [0.2, 0.25) is 0 Å². The molecule has 0 radical (unpaired) electrons. The molecule has 1 rings (SSSR count). The highest BCUT2D eigenvalue weighted by molar-refractivity contribution is 4.80. The maximum atomic E-state index is 2.33. The van der Waals surface area contributed by atoms with Crippen LogP contribution < -0.4 is 0 Å². The van der Waals surface area contributed by atoms with Crippen molar-refractivity contribution in [2.24, 2.45) is 11.8 Å². The van der Waals surface area contributed by atoms with Gasteiger partial charge in [-0.05, 0) is 18.3 Å². The van der Waals surface area contributed by atoms with Crippen molar-refractivity contribution in [1.29, 1.82) is 0 Å². The maximum absolute atomic E-state index is 2.33. The fourth-order valence-electron chi connectivity index (χ4n) is 0.968. The minimum atomic E-state index is 1.06. The van der Waals surface area contributed by atoms with Crippen LogP contribution in [0.15, 0.2) is 0 Å². The van der Waals surface area contributed by atoms with Crippen LogP contribution in [-0.2, 0) is 0 Å². The minimum absolute atomic E-state index is 1.06. The predicted octanol–water partition coefficient (Wildman–Crippen LogP) is 2.05. The topological polar surface area (TPSA) is 0 Å². The second-order valence-electron chi connectivity index (χ2n) is 2.38. The summed E-state index contributed by atoms with van der Waals surface area (Å²) in [5.41, 5.74) is 0. The third-order valence-electron chi connectivity index (χ3n) is 1.80. The Bertz CT molecular complexity index is 46.0. The normalized spacial score (nSPS) is 43.0. The van der Waals surface area contributed by atoms with Crippen LogP contribution in [0.4, 0.5) is 0 Å². The van der Waals surface area contributed by atoms with Crippen LogP contribution in [0.3, 0.4) is 0 Å². The van der Waals surface area contributed by atoms with Gasteiger partial charge in [0.25, 0.3) is 0 Å². The summed E-state index contributed by atoms with van der Waals surface area (Å²) in [5, 5.41) is 0. The van der Waals surface area contributed by atoms with Gasteiger partial charge in [0, 0.05) is 0 Å². The molecule has 0 heterocycles. The molecule has 0 aromatic rings. The molecule has 0 aliphatic heterocycles. The smallest absolute Gasteiger partial charge is 0.0388 e. The van der Waals surface area contributed by atoms with E-state index in [0.29, 0.717) is 0 Å². The highest BCUT2D eigenvalue weighted by Crippen LogP contribution is 2.39. The first-order valence-electron chi connectivity index (χ1n) is 2.84. The van der Waals surface area contributed by atoms with Gasteiger partial charge in [-0.3, -0.25) is 0 Å². The molecule has 1 aliphatic carbocycles. The number of rotatable bonds is 1. The summed E-state index contributed by atoms with van der Waals surface area (Å²) in [5.74, 6) is 2.17. The van der Waals surface area contributed by atoms with E-state index in [0.717, 1.165) is 11.8 Å². The van der Waals surface area contributed by atoms with Gasteiger partial charge in [-0.2, -0.15) is 0 Å². The Morgan fingerprint density at radius 2 is 2.17 bits per heavy atom. The minimum Gasteiger partial charge on any atom is -0.0651 e. The van der Waals surface area contributed by atoms with Crippen molar-refractivity contribution in [3.05, 3.63) is 0 Å². The molecule has 0 nitrogen and oxygen atoms in total. The molecule has 0 amide bonds. The van der Waals surface area contributed by atoms with Crippen LogP contribution in [0, 0.1) is 11.8 Å². The molecule has 0 spiro atoms. The summed E-state index contributed by atoms with van der Waals surface area (Å²) in [4.78, 5) is 0. The fourth-order valence-corrected chi connectivity index (χ4v) is 0.968. The summed E-state index contributed by atoms with van der Waals surface area (Å²) in [7, 11) is 0. The number of hydrogen-bond donors (Lipinski definition) is 0. The second-order valence-corrected chi connectivity index (χ2v) is 2.38. The van der Waals surface area contributed by atoms with Gasteiger partial charge >= 0.3 is 0 Å². The maximum Gasteiger partial charge on any atom is -0.0388 e. The average Bonchev–Trinajstić information content (AvgIpc) is 2.19. The molecule has 2 atom stereocenters. The van der Waals surface area contributed by atoms with E-state index in [1.165, 1.54) is 12.8 Å². The first kappa shape index (κ1) is 4.17. The summed E-state index contributed by atoms with van der Waals surface area (Å²) in [6.07, 6.45) is 2.90. The largest absolute Gasteiger partial charge is 0.0651 e. The van der Waals surface area contributed by atoms with Gasteiger partial charge in [0.05, 0.1) is 0 Å². The Labute approximate surface area is 39.6 Å². The van der Waals surface area contributed by atoms with E-state index in [1.54, 1.807) is 0 Å². The highest BCUT2D eigenvalue weighted by atomic mass is 14.3. The van der Waals surface area contributed by atoms with Crippen LogP contribution >= 0.6 is 0 Å². The Balaban J connectivity index is 2.09. The highest BCUT2D eigenvalue weighted by Gasteiger charge is 2.29. The van der Waals surface area contributed by atoms with Crippen LogP contribution in [0.5, 0.6) is 0 Å². The molecule has 0 N–H and O–H groups in total. The van der Waals surface area contributed by atoms with Gasteiger partial charge < -0.3 is 0 Å². The van der Waals surface area contributed by atoms with E-state index < -0.39 is 0 Å². The van der Waals surface area contributed by atoms with Crippen molar-refractivity contribution in [2.75, 3.05) is 0 Å². The zero-order valence-electron chi connectivity index (χ0n) is 4.57. The SMILES string of the molecule is CCC1C[C@H]1C. The lowest BCUT2D eigenvalue weighted by molar-refractivity contribution is 0.724. The van der Waals surface area contributed by atoms with Crippen molar-refractivity contribution < 1.29 is 0 Å². The summed E-state index contributed by atoms with van der Waals surface area (Å²) >= 11 is 0. The van der Waals surface area contributed by atoms with Crippen LogP contribution in [0.2, 0.25) is 0 Å². The summed E-state index contributed by atoms with van der Waals surface area (Å²) in [6.45, 7) is 4.60. The summed E-state index contributed by atoms with van der Waals surface area (Å²) < 4.78 is 0. The molecule has 1 saturated carbocycles. The second kappa shape index (κ2) is 1.25. The quantitative estimate of drug-likeness (QED) is 0.456. The van der Waals surface area contributed by atoms with E-state index in [4.69, 9.17) is 0 Å².